The van der Waals surface area contributed by atoms with Gasteiger partial charge in [-0.1, -0.05) is 68.4 Å². The molecule has 2 unspecified atom stereocenters. The first kappa shape index (κ1) is 70.6. The molecule has 482 valence electrons. The van der Waals surface area contributed by atoms with Crippen LogP contribution in [0.2, 0.25) is 0 Å². The molecule has 0 aliphatic carbocycles. The van der Waals surface area contributed by atoms with Crippen molar-refractivity contribution in [1.82, 2.24) is 35.2 Å². The Hall–Kier alpha value is -8.44. The summed E-state index contributed by atoms with van der Waals surface area (Å²) >= 11 is 0. The number of benzene rings is 4. The molecule has 0 spiro atoms. The molecule has 4 N–H and O–H groups in total. The maximum Gasteiger partial charge on any atom is 0.471 e. The topological polar surface area (TPSA) is 288 Å². The van der Waals surface area contributed by atoms with Crippen molar-refractivity contribution in [2.24, 2.45) is 5.92 Å². The zero-order valence-corrected chi connectivity index (χ0v) is 52.5. The lowest BCUT2D eigenvalue weighted by molar-refractivity contribution is -0.170. The Bertz CT molecular complexity index is 3370. The summed E-state index contributed by atoms with van der Waals surface area (Å²) in [7, 11) is 2.59. The van der Waals surface area contributed by atoms with E-state index in [1.54, 1.807) is 28.1 Å². The van der Waals surface area contributed by atoms with Crippen molar-refractivity contribution in [2.75, 3.05) is 64.5 Å². The van der Waals surface area contributed by atoms with Gasteiger partial charge in [0.25, 0.3) is 20.0 Å². The molecule has 0 saturated carbocycles. The number of hydrogen-bond donors (Lipinski definition) is 4. The number of alkyl halides is 3. The molecule has 4 aromatic carbocycles. The van der Waals surface area contributed by atoms with E-state index in [-0.39, 0.29) is 98.4 Å². The largest absolute Gasteiger partial charge is 0.497 e. The number of carbonyl (C=O) groups excluding carboxylic acids is 5. The molecule has 6 aromatic rings. The van der Waals surface area contributed by atoms with E-state index in [9.17, 15) is 47.2 Å². The number of aromatic amines is 1. The van der Waals surface area contributed by atoms with E-state index in [1.807, 2.05) is 78.9 Å². The van der Waals surface area contributed by atoms with Crippen LogP contribution in [0.25, 0.3) is 11.2 Å². The number of amides is 4. The quantitative estimate of drug-likeness (QED) is 0.0127. The number of nitrogens with one attached hydrogen (secondary N) is 4. The first-order chi connectivity index (χ1) is 43.0. The third-order valence-electron chi connectivity index (χ3n) is 13.9. The molecule has 6 rings (SSSR count). The van der Waals surface area contributed by atoms with Gasteiger partial charge in [0.15, 0.2) is 11.2 Å². The number of anilines is 2. The number of ether oxygens (including phenoxy) is 5. The number of aromatic nitrogens is 4. The van der Waals surface area contributed by atoms with E-state index in [0.717, 1.165) is 54.3 Å². The Morgan fingerprint density at radius 1 is 0.778 bits per heavy atom. The molecular formula is C63H76F3N10O13P. The first-order valence-corrected chi connectivity index (χ1v) is 30.2. The summed E-state index contributed by atoms with van der Waals surface area (Å²) in [6.45, 7) is 11.5. The van der Waals surface area contributed by atoms with Crippen LogP contribution in [0.3, 0.4) is 0 Å². The second-order valence-corrected chi connectivity index (χ2v) is 22.7. The Kier molecular flexibility index (Phi) is 26.6. The molecule has 27 heteroatoms. The Morgan fingerprint density at radius 3 is 1.97 bits per heavy atom. The highest BCUT2D eigenvalue weighted by Gasteiger charge is 2.44. The highest BCUT2D eigenvalue weighted by Crippen LogP contribution is 2.49. The number of nitrogens with zero attached hydrogens (tertiary/aromatic N) is 6. The van der Waals surface area contributed by atoms with E-state index in [4.69, 9.17) is 32.7 Å². The van der Waals surface area contributed by atoms with Gasteiger partial charge >= 0.3 is 18.1 Å². The molecular weight excluding hydrogens is 1190 g/mol. The minimum absolute atomic E-state index is 0.0152. The maximum absolute atomic E-state index is 14.0. The fraction of sp³-hybridized carbons (Fsp3) is 0.429. The number of esters is 1. The number of halogens is 3. The van der Waals surface area contributed by atoms with Crippen LogP contribution < -0.4 is 35.9 Å². The van der Waals surface area contributed by atoms with Crippen molar-refractivity contribution in [2.45, 2.75) is 116 Å². The van der Waals surface area contributed by atoms with E-state index < -0.39 is 80.1 Å². The summed E-state index contributed by atoms with van der Waals surface area (Å²) in [5, 5.41) is 17.2. The maximum atomic E-state index is 14.0. The SMILES string of the molecule is COC(=O)[C@H](CCC(=O)NCCCOCCC(COC(c1ccccc1)(c1ccc(OC)cc1)c1ccc(OC)cc1)OP(OCCC#N)N(C(C)C)C(C)C)NC(=O)c1ccc(N(Cc2cnc3nc(NC(=O)C(C)C)[nH]c(=O)c3n2)C(=O)C(F)(F)F)cc1. The van der Waals surface area contributed by atoms with Crippen LogP contribution in [0.1, 0.15) is 106 Å². The fourth-order valence-electron chi connectivity index (χ4n) is 9.33. The molecule has 2 aromatic heterocycles. The summed E-state index contributed by atoms with van der Waals surface area (Å²) < 4.78 is 86.8. The Morgan fingerprint density at radius 2 is 1.40 bits per heavy atom. The van der Waals surface area contributed by atoms with Gasteiger partial charge in [-0.15, -0.1) is 0 Å². The molecule has 0 fully saturated rings. The lowest BCUT2D eigenvalue weighted by Gasteiger charge is -2.39. The Labute approximate surface area is 521 Å². The lowest BCUT2D eigenvalue weighted by atomic mass is 9.80. The zero-order chi connectivity index (χ0) is 65.5. The van der Waals surface area contributed by atoms with Gasteiger partial charge < -0.3 is 43.4 Å². The van der Waals surface area contributed by atoms with Crippen LogP contribution in [0.15, 0.2) is 114 Å². The van der Waals surface area contributed by atoms with Crippen LogP contribution in [0.4, 0.5) is 24.8 Å². The van der Waals surface area contributed by atoms with Gasteiger partial charge in [0, 0.05) is 55.4 Å². The molecule has 23 nitrogen and oxygen atoms in total. The van der Waals surface area contributed by atoms with Gasteiger partial charge in [0.1, 0.15) is 23.1 Å². The predicted molar refractivity (Wildman–Crippen MR) is 329 cm³/mol. The molecule has 0 saturated heterocycles. The van der Waals surface area contributed by atoms with Gasteiger partial charge in [0.05, 0.1) is 71.6 Å². The number of H-pyrrole nitrogens is 1. The highest BCUT2D eigenvalue weighted by atomic mass is 31.2. The number of methoxy groups -OCH3 is 3. The van der Waals surface area contributed by atoms with Gasteiger partial charge in [-0.2, -0.15) is 23.4 Å². The van der Waals surface area contributed by atoms with E-state index in [2.05, 4.69) is 74.3 Å². The fourth-order valence-corrected chi connectivity index (χ4v) is 11.1. The summed E-state index contributed by atoms with van der Waals surface area (Å²) in [5.74, 6) is -4.24. The van der Waals surface area contributed by atoms with Gasteiger partial charge in [0.2, 0.25) is 17.8 Å². The second kappa shape index (κ2) is 33.9. The predicted octanol–water partition coefficient (Wildman–Crippen LogP) is 9.05. The summed E-state index contributed by atoms with van der Waals surface area (Å²) in [4.78, 5) is 92.1. The van der Waals surface area contributed by atoms with Gasteiger partial charge in [-0.25, -0.2) is 19.4 Å². The first-order valence-electron chi connectivity index (χ1n) is 29.1. The number of rotatable bonds is 34. The molecule has 90 heavy (non-hydrogen) atoms. The molecule has 2 heterocycles. The average Bonchev–Trinajstić information content (AvgIpc) is 0.788. The summed E-state index contributed by atoms with van der Waals surface area (Å²) in [6.07, 6.45) is -4.46. The summed E-state index contributed by atoms with van der Waals surface area (Å²) in [5.41, 5.74) is -0.790. The molecule has 0 aliphatic rings. The second-order valence-electron chi connectivity index (χ2n) is 21.3. The standard InChI is InChI=1S/C63H76F3N10O13P/c1-40(2)56(78)73-61-72-55-54(58(80)74-61)70-47(37-69-55)38-75(60(82)63(64,65)66)48-23-17-43(18-24-48)57(79)71-52(59(81)85-9)29-30-53(77)68-33-14-34-86-36-31-51(89-90(88-35-13-32-67)76(41(3)4)42(5)6)39-87-62(44-15-11-10-12-16-44,45-19-25-49(83-7)26-20-45)46-21-27-50(84-8)28-22-46/h10-12,15-28,37,40-42,51-52H,13-14,29-31,33-36,38-39H2,1-9H3,(H,68,77)(H,71,79)(H2,69,72,73,74,78,80)/t51?,52-,90?/m0/s1. The molecule has 0 bridgehead atoms. The average molecular weight is 1270 g/mol. The smallest absolute Gasteiger partial charge is 0.471 e. The monoisotopic (exact) mass is 1270 g/mol. The summed E-state index contributed by atoms with van der Waals surface area (Å²) in [6, 6.07) is 30.5. The van der Waals surface area contributed by atoms with Crippen LogP contribution in [0, 0.1) is 17.2 Å². The van der Waals surface area contributed by atoms with Gasteiger partial charge in [-0.05, 0) is 112 Å². The number of carbonyl (C=O) groups is 5. The molecule has 4 amide bonds. The minimum Gasteiger partial charge on any atom is -0.497 e. The Balaban J connectivity index is 1.08. The third-order valence-corrected chi connectivity index (χ3v) is 16.0. The van der Waals surface area contributed by atoms with E-state index in [1.165, 1.54) is 0 Å². The lowest BCUT2D eigenvalue weighted by Crippen LogP contribution is -2.42. The van der Waals surface area contributed by atoms with Crippen LogP contribution in [0.5, 0.6) is 11.5 Å². The molecule has 3 atom stereocenters. The van der Waals surface area contributed by atoms with Crippen molar-refractivity contribution in [3.8, 4) is 17.6 Å². The van der Waals surface area contributed by atoms with Crippen molar-refractivity contribution >= 4 is 60.9 Å². The zero-order valence-electron chi connectivity index (χ0n) is 51.6. The van der Waals surface area contributed by atoms with Gasteiger partial charge in [-0.3, -0.25) is 39.2 Å². The molecule has 0 aliphatic heterocycles. The number of hydrogen-bond acceptors (Lipinski definition) is 18. The van der Waals surface area contributed by atoms with Crippen LogP contribution in [-0.2, 0) is 54.6 Å². The third kappa shape index (κ3) is 19.5. The van der Waals surface area contributed by atoms with E-state index in [0.29, 0.717) is 29.2 Å². The van der Waals surface area contributed by atoms with Crippen molar-refractivity contribution in [1.29, 1.82) is 5.26 Å². The highest BCUT2D eigenvalue weighted by molar-refractivity contribution is 7.44. The normalized spacial score (nSPS) is 12.7. The van der Waals surface area contributed by atoms with E-state index >= 15 is 0 Å². The van der Waals surface area contributed by atoms with Crippen LogP contribution in [-0.4, -0.2) is 139 Å². The van der Waals surface area contributed by atoms with Crippen molar-refractivity contribution in [3.63, 3.8) is 0 Å². The van der Waals surface area contributed by atoms with Crippen molar-refractivity contribution in [3.05, 3.63) is 148 Å². The van der Waals surface area contributed by atoms with Crippen molar-refractivity contribution < 1.29 is 69.9 Å². The minimum atomic E-state index is -5.36. The number of nitriles is 1. The van der Waals surface area contributed by atoms with Crippen LogP contribution >= 0.6 is 8.53 Å². The molecule has 0 radical (unpaired) electrons. The number of fused-ring (bicyclic) bond motifs is 1.